The van der Waals surface area contributed by atoms with Gasteiger partial charge in [0, 0.05) is 37.9 Å². The Balaban J connectivity index is 1.58. The van der Waals surface area contributed by atoms with E-state index in [9.17, 15) is 9.59 Å². The molecule has 2 N–H and O–H groups in total. The second-order valence-electron chi connectivity index (χ2n) is 8.01. The van der Waals surface area contributed by atoms with Crippen LogP contribution in [-0.4, -0.2) is 70.1 Å². The molecule has 1 aliphatic rings. The molecule has 1 heterocycles. The largest absolute Gasteiger partial charge is 0.496 e. The van der Waals surface area contributed by atoms with Gasteiger partial charge in [0.05, 0.1) is 18.2 Å². The molecule has 1 fully saturated rings. The average Bonchev–Trinajstić information content (AvgIpc) is 2.79. The lowest BCUT2D eigenvalue weighted by molar-refractivity contribution is 0.0926. The van der Waals surface area contributed by atoms with Crippen LogP contribution in [0.15, 0.2) is 48.5 Å². The minimum Gasteiger partial charge on any atom is -0.496 e. The minimum atomic E-state index is -0.114. The molecule has 0 saturated carbocycles. The van der Waals surface area contributed by atoms with Crippen molar-refractivity contribution < 1.29 is 14.3 Å². The Labute approximate surface area is 184 Å². The average molecular weight is 425 g/mol. The molecule has 1 aliphatic heterocycles. The van der Waals surface area contributed by atoms with Crippen LogP contribution in [0.25, 0.3) is 0 Å². The van der Waals surface area contributed by atoms with Crippen LogP contribution in [0, 0.1) is 0 Å². The lowest BCUT2D eigenvalue weighted by Crippen LogP contribution is -2.45. The fourth-order valence-corrected chi connectivity index (χ4v) is 3.79. The summed E-state index contributed by atoms with van der Waals surface area (Å²) in [5.41, 5.74) is 2.18. The van der Waals surface area contributed by atoms with Crippen molar-refractivity contribution in [2.75, 3.05) is 52.3 Å². The van der Waals surface area contributed by atoms with Crippen LogP contribution in [0.2, 0.25) is 0 Å². The van der Waals surface area contributed by atoms with Crippen LogP contribution in [0.4, 0.5) is 5.69 Å². The van der Waals surface area contributed by atoms with E-state index in [1.54, 1.807) is 19.2 Å². The summed E-state index contributed by atoms with van der Waals surface area (Å²) >= 11 is 0. The summed E-state index contributed by atoms with van der Waals surface area (Å²) in [4.78, 5) is 29.6. The number of hydrogen-bond acceptors (Lipinski definition) is 5. The Hall–Kier alpha value is -3.06. The summed E-state index contributed by atoms with van der Waals surface area (Å²) in [6.07, 6.45) is 1.63. The van der Waals surface area contributed by atoms with E-state index >= 15 is 0 Å². The quantitative estimate of drug-likeness (QED) is 0.681. The topological polar surface area (TPSA) is 73.9 Å². The predicted molar refractivity (Wildman–Crippen MR) is 123 cm³/mol. The lowest BCUT2D eigenvalue weighted by atomic mass is 10.0. The second kappa shape index (κ2) is 10.8. The molecule has 0 spiro atoms. The molecule has 2 aromatic carbocycles. The molecule has 0 unspecified atom stereocenters. The van der Waals surface area contributed by atoms with Gasteiger partial charge in [0.1, 0.15) is 5.75 Å². The van der Waals surface area contributed by atoms with E-state index in [2.05, 4.69) is 15.5 Å². The standard InChI is InChI=1S/C24H32N4O3/c1-27(2)17-14-25-23(29)19-8-4-6-10-21(19)28-15-12-18(13-16-28)26-24(30)20-9-5-7-11-22(20)31-3/h4-11,18H,12-17H2,1-3H3,(H,25,29)(H,26,30). The summed E-state index contributed by atoms with van der Waals surface area (Å²) < 4.78 is 5.30. The molecule has 31 heavy (non-hydrogen) atoms. The number of carbonyl (C=O) groups excluding carboxylic acids is 2. The van der Waals surface area contributed by atoms with Crippen molar-refractivity contribution in [3.63, 3.8) is 0 Å². The Morgan fingerprint density at radius 1 is 1.00 bits per heavy atom. The van der Waals surface area contributed by atoms with Crippen LogP contribution in [0.1, 0.15) is 33.6 Å². The molecule has 0 aromatic heterocycles. The van der Waals surface area contributed by atoms with Crippen molar-refractivity contribution in [1.29, 1.82) is 0 Å². The molecular formula is C24H32N4O3. The van der Waals surface area contributed by atoms with Crippen molar-refractivity contribution in [3.05, 3.63) is 59.7 Å². The Morgan fingerprint density at radius 2 is 1.65 bits per heavy atom. The first kappa shape index (κ1) is 22.6. The van der Waals surface area contributed by atoms with Gasteiger partial charge in [-0.2, -0.15) is 0 Å². The molecule has 0 atom stereocenters. The SMILES string of the molecule is COc1ccccc1C(=O)NC1CCN(c2ccccc2C(=O)NCCN(C)C)CC1. The van der Waals surface area contributed by atoms with Gasteiger partial charge in [-0.05, 0) is 51.2 Å². The number of likely N-dealkylation sites (N-methyl/N-ethyl adjacent to an activating group) is 1. The molecule has 0 bridgehead atoms. The lowest BCUT2D eigenvalue weighted by Gasteiger charge is -2.35. The molecule has 2 amide bonds. The van der Waals surface area contributed by atoms with Gasteiger partial charge in [-0.25, -0.2) is 0 Å². The zero-order chi connectivity index (χ0) is 22.2. The fourth-order valence-electron chi connectivity index (χ4n) is 3.79. The van der Waals surface area contributed by atoms with Gasteiger partial charge in [-0.3, -0.25) is 9.59 Å². The molecular weight excluding hydrogens is 392 g/mol. The van der Waals surface area contributed by atoms with Gasteiger partial charge in [0.2, 0.25) is 0 Å². The zero-order valence-electron chi connectivity index (χ0n) is 18.6. The highest BCUT2D eigenvalue weighted by Crippen LogP contribution is 2.25. The summed E-state index contributed by atoms with van der Waals surface area (Å²) in [6, 6.07) is 15.1. The molecule has 0 radical (unpaired) electrons. The van der Waals surface area contributed by atoms with E-state index in [-0.39, 0.29) is 17.9 Å². The maximum atomic E-state index is 12.7. The number of benzene rings is 2. The number of amides is 2. The molecule has 166 valence electrons. The van der Waals surface area contributed by atoms with Crippen LogP contribution in [0.3, 0.4) is 0 Å². The van der Waals surface area contributed by atoms with E-state index in [0.717, 1.165) is 38.2 Å². The summed E-state index contributed by atoms with van der Waals surface area (Å²) in [7, 11) is 5.53. The molecule has 7 nitrogen and oxygen atoms in total. The predicted octanol–water partition coefficient (Wildman–Crippen LogP) is 2.39. The highest BCUT2D eigenvalue weighted by Gasteiger charge is 2.24. The number of anilines is 1. The molecule has 7 heteroatoms. The second-order valence-corrected chi connectivity index (χ2v) is 8.01. The van der Waals surface area contributed by atoms with Gasteiger partial charge in [-0.15, -0.1) is 0 Å². The smallest absolute Gasteiger partial charge is 0.255 e. The number of ether oxygens (including phenoxy) is 1. The minimum absolute atomic E-state index is 0.0518. The van der Waals surface area contributed by atoms with Crippen molar-refractivity contribution in [3.8, 4) is 5.75 Å². The summed E-state index contributed by atoms with van der Waals surface area (Å²) in [5, 5.41) is 6.13. The van der Waals surface area contributed by atoms with E-state index in [1.807, 2.05) is 55.4 Å². The number of rotatable bonds is 8. The zero-order valence-corrected chi connectivity index (χ0v) is 18.6. The number of nitrogens with one attached hydrogen (secondary N) is 2. The monoisotopic (exact) mass is 424 g/mol. The number of methoxy groups -OCH3 is 1. The molecule has 2 aromatic rings. The van der Waals surface area contributed by atoms with Gasteiger partial charge < -0.3 is 25.2 Å². The fraction of sp³-hybridized carbons (Fsp3) is 0.417. The van der Waals surface area contributed by atoms with Crippen molar-refractivity contribution in [2.24, 2.45) is 0 Å². The Bertz CT molecular complexity index is 892. The van der Waals surface area contributed by atoms with E-state index in [1.165, 1.54) is 0 Å². The van der Waals surface area contributed by atoms with E-state index in [4.69, 9.17) is 4.74 Å². The van der Waals surface area contributed by atoms with E-state index < -0.39 is 0 Å². The van der Waals surface area contributed by atoms with Crippen molar-refractivity contribution >= 4 is 17.5 Å². The van der Waals surface area contributed by atoms with Crippen LogP contribution < -0.4 is 20.3 Å². The van der Waals surface area contributed by atoms with Gasteiger partial charge in [0.25, 0.3) is 11.8 Å². The third-order valence-corrected chi connectivity index (χ3v) is 5.52. The van der Waals surface area contributed by atoms with Gasteiger partial charge in [-0.1, -0.05) is 24.3 Å². The van der Waals surface area contributed by atoms with Crippen LogP contribution >= 0.6 is 0 Å². The number of nitrogens with zero attached hydrogens (tertiary/aromatic N) is 2. The number of para-hydroxylation sites is 2. The van der Waals surface area contributed by atoms with E-state index in [0.29, 0.717) is 23.4 Å². The molecule has 3 rings (SSSR count). The maximum absolute atomic E-state index is 12.7. The van der Waals surface area contributed by atoms with Crippen molar-refractivity contribution in [2.45, 2.75) is 18.9 Å². The van der Waals surface area contributed by atoms with Gasteiger partial charge >= 0.3 is 0 Å². The van der Waals surface area contributed by atoms with Gasteiger partial charge in [0.15, 0.2) is 0 Å². The van der Waals surface area contributed by atoms with Crippen LogP contribution in [-0.2, 0) is 0 Å². The Morgan fingerprint density at radius 3 is 2.32 bits per heavy atom. The van der Waals surface area contributed by atoms with Crippen molar-refractivity contribution in [1.82, 2.24) is 15.5 Å². The molecule has 0 aliphatic carbocycles. The number of carbonyl (C=O) groups is 2. The number of hydrogen-bond donors (Lipinski definition) is 2. The van der Waals surface area contributed by atoms with Crippen LogP contribution in [0.5, 0.6) is 5.75 Å². The highest BCUT2D eigenvalue weighted by molar-refractivity contribution is 6.00. The first-order valence-corrected chi connectivity index (χ1v) is 10.7. The number of piperidine rings is 1. The summed E-state index contributed by atoms with van der Waals surface area (Å²) in [5.74, 6) is 0.410. The normalized spacial score (nSPS) is 14.4. The Kier molecular flexibility index (Phi) is 7.89. The summed E-state index contributed by atoms with van der Waals surface area (Å²) in [6.45, 7) is 2.96. The first-order chi connectivity index (χ1) is 15.0. The third kappa shape index (κ3) is 5.98. The maximum Gasteiger partial charge on any atom is 0.255 e. The first-order valence-electron chi connectivity index (χ1n) is 10.7. The third-order valence-electron chi connectivity index (χ3n) is 5.52. The highest BCUT2D eigenvalue weighted by atomic mass is 16.5. The molecule has 1 saturated heterocycles.